The number of hydrogen-bond donors (Lipinski definition) is 0. The van der Waals surface area contributed by atoms with Crippen LogP contribution in [0.15, 0.2) is 30.5 Å². The van der Waals surface area contributed by atoms with Crippen LogP contribution in [-0.2, 0) is 30.9 Å². The topological polar surface area (TPSA) is 33.5 Å². The zero-order valence-electron chi connectivity index (χ0n) is 14.4. The molecule has 1 aromatic heterocycles. The second kappa shape index (κ2) is 7.05. The van der Waals surface area contributed by atoms with Gasteiger partial charge in [-0.3, -0.25) is 9.80 Å². The van der Waals surface area contributed by atoms with Gasteiger partial charge in [-0.15, -0.1) is 0 Å². The lowest BCUT2D eigenvalue weighted by atomic mass is 10.1. The van der Waals surface area contributed by atoms with E-state index in [1.807, 2.05) is 0 Å². The maximum atomic E-state index is 5.42. The average Bonchev–Trinajstić information content (AvgIpc) is 2.99. The summed E-state index contributed by atoms with van der Waals surface area (Å²) in [6, 6.07) is 8.86. The van der Waals surface area contributed by atoms with E-state index < -0.39 is 0 Å². The molecule has 2 aliphatic rings. The number of rotatable bonds is 4. The number of fused-ring (bicyclic) bond motifs is 1. The van der Waals surface area contributed by atoms with Gasteiger partial charge in [-0.2, -0.15) is 0 Å². The number of ether oxygens (including phenoxy) is 1. The van der Waals surface area contributed by atoms with Crippen molar-refractivity contribution in [2.24, 2.45) is 0 Å². The van der Waals surface area contributed by atoms with Crippen LogP contribution in [0.4, 0.5) is 0 Å². The Morgan fingerprint density at radius 1 is 0.958 bits per heavy atom. The molecule has 24 heavy (non-hydrogen) atoms. The third kappa shape index (κ3) is 3.69. The van der Waals surface area contributed by atoms with E-state index in [9.17, 15) is 0 Å². The summed E-state index contributed by atoms with van der Waals surface area (Å²) in [5, 5.41) is 0. The first kappa shape index (κ1) is 15.8. The fourth-order valence-corrected chi connectivity index (χ4v) is 3.51. The number of morpholine rings is 1. The minimum absolute atomic E-state index is 0.845. The number of benzene rings is 1. The summed E-state index contributed by atoms with van der Waals surface area (Å²) in [5.74, 6) is 1.21. The minimum atomic E-state index is 0.845. The van der Waals surface area contributed by atoms with E-state index in [4.69, 9.17) is 9.72 Å². The predicted molar refractivity (Wildman–Crippen MR) is 93.6 cm³/mol. The summed E-state index contributed by atoms with van der Waals surface area (Å²) in [7, 11) is 0. The zero-order chi connectivity index (χ0) is 16.4. The molecule has 4 rings (SSSR count). The number of aromatic nitrogens is 2. The molecule has 5 nitrogen and oxygen atoms in total. The third-order valence-electron chi connectivity index (χ3n) is 4.95. The van der Waals surface area contributed by atoms with Gasteiger partial charge < -0.3 is 9.30 Å². The Morgan fingerprint density at radius 3 is 2.54 bits per heavy atom. The number of hydrogen-bond acceptors (Lipinski definition) is 4. The van der Waals surface area contributed by atoms with Gasteiger partial charge in [-0.05, 0) is 12.5 Å². The molecule has 0 N–H and O–H groups in total. The Kier molecular flexibility index (Phi) is 4.65. The fraction of sp³-hybridized carbons (Fsp3) is 0.526. The van der Waals surface area contributed by atoms with E-state index in [1.165, 1.54) is 22.6 Å². The molecular formula is C19H26N4O. The lowest BCUT2D eigenvalue weighted by Gasteiger charge is -2.27. The molecule has 0 amide bonds. The van der Waals surface area contributed by atoms with Gasteiger partial charge in [-0.25, -0.2) is 4.98 Å². The van der Waals surface area contributed by atoms with E-state index in [0.29, 0.717) is 0 Å². The third-order valence-corrected chi connectivity index (χ3v) is 4.95. The molecular weight excluding hydrogens is 300 g/mol. The van der Waals surface area contributed by atoms with Gasteiger partial charge in [-0.1, -0.05) is 29.8 Å². The summed E-state index contributed by atoms with van der Waals surface area (Å²) < 4.78 is 7.76. The monoisotopic (exact) mass is 326 g/mol. The van der Waals surface area contributed by atoms with Crippen molar-refractivity contribution < 1.29 is 4.74 Å². The van der Waals surface area contributed by atoms with Crippen LogP contribution in [0, 0.1) is 6.92 Å². The van der Waals surface area contributed by atoms with Gasteiger partial charge in [0.05, 0.1) is 25.5 Å². The Hall–Kier alpha value is -1.69. The summed E-state index contributed by atoms with van der Waals surface area (Å²) in [6.45, 7) is 10.9. The van der Waals surface area contributed by atoms with E-state index in [0.717, 1.165) is 59.0 Å². The lowest BCUT2D eigenvalue weighted by molar-refractivity contribution is 0.0337. The highest BCUT2D eigenvalue weighted by Crippen LogP contribution is 2.17. The van der Waals surface area contributed by atoms with Crippen molar-refractivity contribution in [1.82, 2.24) is 19.4 Å². The average molecular weight is 326 g/mol. The van der Waals surface area contributed by atoms with E-state index in [2.05, 4.69) is 51.8 Å². The first-order valence-electron chi connectivity index (χ1n) is 8.89. The van der Waals surface area contributed by atoms with Gasteiger partial charge in [0.2, 0.25) is 0 Å². The van der Waals surface area contributed by atoms with Crippen LogP contribution in [0.3, 0.4) is 0 Å². The van der Waals surface area contributed by atoms with Crippen molar-refractivity contribution in [3.05, 3.63) is 53.1 Å². The molecule has 2 aromatic rings. The van der Waals surface area contributed by atoms with Crippen LogP contribution in [-0.4, -0.2) is 52.2 Å². The van der Waals surface area contributed by atoms with Crippen molar-refractivity contribution >= 4 is 0 Å². The fourth-order valence-electron chi connectivity index (χ4n) is 3.51. The maximum absolute atomic E-state index is 5.42. The second-order valence-corrected chi connectivity index (χ2v) is 6.93. The summed E-state index contributed by atoms with van der Waals surface area (Å²) in [6.07, 6.45) is 2.24. The SMILES string of the molecule is Cc1ccc(CN2CCn3cc(CN4CCOCC4)nc3C2)cc1. The predicted octanol–water partition coefficient (Wildman–Crippen LogP) is 2.04. The molecule has 0 bridgehead atoms. The molecule has 0 radical (unpaired) electrons. The molecule has 0 atom stereocenters. The minimum Gasteiger partial charge on any atom is -0.379 e. The molecule has 0 saturated carbocycles. The number of nitrogens with zero attached hydrogens (tertiary/aromatic N) is 4. The number of aryl methyl sites for hydroxylation is 1. The molecule has 2 aliphatic heterocycles. The normalized spacial score (nSPS) is 19.4. The zero-order valence-corrected chi connectivity index (χ0v) is 14.4. The van der Waals surface area contributed by atoms with E-state index in [1.54, 1.807) is 0 Å². The van der Waals surface area contributed by atoms with Crippen LogP contribution in [0.2, 0.25) is 0 Å². The highest BCUT2D eigenvalue weighted by atomic mass is 16.5. The van der Waals surface area contributed by atoms with Crippen LogP contribution >= 0.6 is 0 Å². The molecule has 1 saturated heterocycles. The Bertz CT molecular complexity index is 673. The lowest BCUT2D eigenvalue weighted by Crippen LogP contribution is -2.35. The molecule has 1 aromatic carbocycles. The molecule has 128 valence electrons. The first-order valence-corrected chi connectivity index (χ1v) is 8.89. The molecule has 1 fully saturated rings. The Morgan fingerprint density at radius 2 is 1.75 bits per heavy atom. The van der Waals surface area contributed by atoms with Crippen molar-refractivity contribution in [3.8, 4) is 0 Å². The van der Waals surface area contributed by atoms with Crippen LogP contribution in [0.5, 0.6) is 0 Å². The summed E-state index contributed by atoms with van der Waals surface area (Å²) in [4.78, 5) is 9.81. The van der Waals surface area contributed by atoms with Crippen molar-refractivity contribution in [3.63, 3.8) is 0 Å². The van der Waals surface area contributed by atoms with Gasteiger partial charge >= 0.3 is 0 Å². The molecule has 0 unspecified atom stereocenters. The van der Waals surface area contributed by atoms with Crippen LogP contribution in [0.1, 0.15) is 22.6 Å². The molecule has 5 heteroatoms. The molecule has 3 heterocycles. The van der Waals surface area contributed by atoms with E-state index >= 15 is 0 Å². The van der Waals surface area contributed by atoms with Crippen LogP contribution in [0.25, 0.3) is 0 Å². The molecule has 0 aliphatic carbocycles. The van der Waals surface area contributed by atoms with Crippen LogP contribution < -0.4 is 0 Å². The van der Waals surface area contributed by atoms with Crippen molar-refractivity contribution in [2.45, 2.75) is 33.1 Å². The summed E-state index contributed by atoms with van der Waals surface area (Å²) in [5.41, 5.74) is 3.90. The maximum Gasteiger partial charge on any atom is 0.123 e. The van der Waals surface area contributed by atoms with Crippen molar-refractivity contribution in [1.29, 1.82) is 0 Å². The Balaban J connectivity index is 1.38. The largest absolute Gasteiger partial charge is 0.379 e. The standard InChI is InChI=1S/C19H26N4O/c1-16-2-4-17(5-3-16)12-22-6-7-23-14-18(20-19(23)15-22)13-21-8-10-24-11-9-21/h2-5,14H,6-13,15H2,1H3. The van der Waals surface area contributed by atoms with Gasteiger partial charge in [0.25, 0.3) is 0 Å². The number of imidazole rings is 1. The van der Waals surface area contributed by atoms with Gasteiger partial charge in [0.1, 0.15) is 5.82 Å². The van der Waals surface area contributed by atoms with E-state index in [-0.39, 0.29) is 0 Å². The van der Waals surface area contributed by atoms with Crippen molar-refractivity contribution in [2.75, 3.05) is 32.8 Å². The Labute approximate surface area is 143 Å². The quantitative estimate of drug-likeness (QED) is 0.861. The second-order valence-electron chi connectivity index (χ2n) is 6.93. The smallest absolute Gasteiger partial charge is 0.123 e. The highest BCUT2D eigenvalue weighted by molar-refractivity contribution is 5.21. The van der Waals surface area contributed by atoms with Gasteiger partial charge in [0.15, 0.2) is 0 Å². The van der Waals surface area contributed by atoms with Gasteiger partial charge in [0, 0.05) is 45.5 Å². The molecule has 0 spiro atoms. The summed E-state index contributed by atoms with van der Waals surface area (Å²) >= 11 is 0. The first-order chi connectivity index (χ1) is 11.8. The highest BCUT2D eigenvalue weighted by Gasteiger charge is 2.20.